The summed E-state index contributed by atoms with van der Waals surface area (Å²) in [6, 6.07) is 24.8. The molecule has 3 aromatic carbocycles. The second-order valence-electron chi connectivity index (χ2n) is 11.0. The lowest BCUT2D eigenvalue weighted by molar-refractivity contribution is -0.138. The Labute approximate surface area is 231 Å². The van der Waals surface area contributed by atoms with Gasteiger partial charge in [-0.25, -0.2) is 9.59 Å². The molecule has 0 amide bonds. The van der Waals surface area contributed by atoms with Crippen LogP contribution in [0.3, 0.4) is 0 Å². The second kappa shape index (κ2) is 11.8. The summed E-state index contributed by atoms with van der Waals surface area (Å²) in [5, 5.41) is 11.3. The van der Waals surface area contributed by atoms with Gasteiger partial charge in [0.05, 0.1) is 7.11 Å². The highest BCUT2D eigenvalue weighted by Gasteiger charge is 2.52. The monoisotopic (exact) mass is 548 g/mol. The van der Waals surface area contributed by atoms with Crippen molar-refractivity contribution in [1.82, 2.24) is 0 Å². The quantitative estimate of drug-likeness (QED) is 0.171. The van der Waals surface area contributed by atoms with Crippen LogP contribution in [0.4, 0.5) is 0 Å². The maximum Gasteiger partial charge on any atom is 0.377 e. The molecular weight excluding hydrogens is 512 g/mol. The molecule has 0 saturated heterocycles. The van der Waals surface area contributed by atoms with Crippen LogP contribution in [-0.2, 0) is 14.3 Å². The number of hydrogen-bond acceptors (Lipinski definition) is 7. The molecule has 0 heterocycles. The van der Waals surface area contributed by atoms with E-state index < -0.39 is 31.6 Å². The molecule has 39 heavy (non-hydrogen) atoms. The molecule has 3 rings (SSSR count). The summed E-state index contributed by atoms with van der Waals surface area (Å²) in [7, 11) is -1.99. The second-order valence-corrected chi connectivity index (χ2v) is 15.2. The van der Waals surface area contributed by atoms with Gasteiger partial charge in [-0.15, -0.1) is 0 Å². The molecule has 1 N–H and O–H groups in total. The number of benzene rings is 3. The van der Waals surface area contributed by atoms with Crippen molar-refractivity contribution in [1.29, 1.82) is 0 Å². The lowest BCUT2D eigenvalue weighted by atomic mass is 10.1. The van der Waals surface area contributed by atoms with Crippen LogP contribution in [0, 0.1) is 0 Å². The van der Waals surface area contributed by atoms with Crippen LogP contribution in [0.1, 0.15) is 51.9 Å². The Morgan fingerprint density at radius 3 is 1.72 bits per heavy atom. The molecule has 0 saturated carbocycles. The summed E-state index contributed by atoms with van der Waals surface area (Å²) in [4.78, 5) is 25.8. The van der Waals surface area contributed by atoms with Gasteiger partial charge in [-0.05, 0) is 48.3 Å². The van der Waals surface area contributed by atoms with Crippen molar-refractivity contribution < 1.29 is 33.3 Å². The first-order valence-corrected chi connectivity index (χ1v) is 14.5. The zero-order valence-electron chi connectivity index (χ0n) is 23.5. The summed E-state index contributed by atoms with van der Waals surface area (Å²) in [6.07, 6.45) is 0.486. The van der Waals surface area contributed by atoms with E-state index in [1.165, 1.54) is 6.07 Å². The third kappa shape index (κ3) is 6.52. The van der Waals surface area contributed by atoms with Gasteiger partial charge >= 0.3 is 20.3 Å². The van der Waals surface area contributed by atoms with Crippen molar-refractivity contribution in [3.05, 3.63) is 96.4 Å². The van der Waals surface area contributed by atoms with Crippen LogP contribution in [0.25, 0.3) is 0 Å². The first-order chi connectivity index (χ1) is 18.3. The van der Waals surface area contributed by atoms with Gasteiger partial charge in [0.1, 0.15) is 28.9 Å². The summed E-state index contributed by atoms with van der Waals surface area (Å²) in [5.41, 5.74) is -0.833. The van der Waals surface area contributed by atoms with E-state index in [-0.39, 0.29) is 22.1 Å². The number of aliphatic hydroxyl groups is 1. The molecule has 0 aliphatic carbocycles. The minimum Gasteiger partial charge on any atom is -0.533 e. The van der Waals surface area contributed by atoms with E-state index in [1.807, 2.05) is 60.7 Å². The Morgan fingerprint density at radius 2 is 1.28 bits per heavy atom. The van der Waals surface area contributed by atoms with E-state index in [2.05, 4.69) is 20.8 Å². The summed E-state index contributed by atoms with van der Waals surface area (Å²) >= 11 is 0. The van der Waals surface area contributed by atoms with Crippen molar-refractivity contribution in [3.63, 3.8) is 0 Å². The fourth-order valence-corrected chi connectivity index (χ4v) is 8.80. The van der Waals surface area contributed by atoms with E-state index in [0.717, 1.165) is 17.5 Å². The fraction of sp³-hybridized carbons (Fsp3) is 0.290. The molecule has 8 heteroatoms. The fourth-order valence-electron chi connectivity index (χ4n) is 4.37. The number of carbonyl (C=O) groups is 2. The third-order valence-corrected chi connectivity index (χ3v) is 10.9. The molecule has 0 aromatic heterocycles. The summed E-state index contributed by atoms with van der Waals surface area (Å²) < 4.78 is 23.2. The highest BCUT2D eigenvalue weighted by Crippen LogP contribution is 2.40. The van der Waals surface area contributed by atoms with E-state index in [4.69, 9.17) is 18.6 Å². The van der Waals surface area contributed by atoms with E-state index in [0.29, 0.717) is 6.26 Å². The van der Waals surface area contributed by atoms with Crippen molar-refractivity contribution in [2.45, 2.75) is 52.2 Å². The van der Waals surface area contributed by atoms with Crippen LogP contribution >= 0.6 is 0 Å². The number of aliphatic hydroxyl groups excluding tert-OH is 1. The van der Waals surface area contributed by atoms with E-state index >= 15 is 0 Å². The van der Waals surface area contributed by atoms with Crippen molar-refractivity contribution >= 4 is 30.6 Å². The van der Waals surface area contributed by atoms with Crippen LogP contribution in [0.2, 0.25) is 5.04 Å². The zero-order chi connectivity index (χ0) is 28.8. The van der Waals surface area contributed by atoms with Crippen molar-refractivity contribution in [3.8, 4) is 11.5 Å². The number of methoxy groups -OCH3 is 1. The Kier molecular flexibility index (Phi) is 8.91. The molecule has 0 atom stereocenters. The number of ether oxygens (including phenoxy) is 3. The molecule has 7 nitrogen and oxygen atoms in total. The molecule has 0 fully saturated rings. The minimum atomic E-state index is -3.14. The highest BCUT2D eigenvalue weighted by molar-refractivity contribution is 7.00. The Balaban J connectivity index is 2.32. The molecular formula is C31H36O7Si. The maximum atomic E-state index is 13.7. The lowest BCUT2D eigenvalue weighted by Crippen LogP contribution is -2.69. The predicted molar refractivity (Wildman–Crippen MR) is 153 cm³/mol. The van der Waals surface area contributed by atoms with Gasteiger partial charge < -0.3 is 23.7 Å². The first-order valence-electron chi connectivity index (χ1n) is 12.6. The first kappa shape index (κ1) is 29.5. The predicted octanol–water partition coefficient (Wildman–Crippen LogP) is 5.53. The molecule has 0 spiro atoms. The van der Waals surface area contributed by atoms with Crippen LogP contribution < -0.4 is 19.5 Å². The molecule has 0 aliphatic rings. The molecule has 0 aliphatic heterocycles. The number of rotatable bonds is 8. The largest absolute Gasteiger partial charge is 0.533 e. The number of carbonyl (C=O) groups excluding carboxylic acids is 2. The topological polar surface area (TPSA) is 91.3 Å². The Morgan fingerprint density at radius 1 is 0.769 bits per heavy atom. The SMILES string of the molecule is COC(=O)C(=CO)Oc1cccc(O[Si](c2ccccc2)(c2ccccc2)C(C)(C)C)c1C(=O)OC(C)(C)C. The molecule has 0 radical (unpaired) electrons. The van der Waals surface area contributed by atoms with Gasteiger partial charge in [-0.3, -0.25) is 0 Å². The van der Waals surface area contributed by atoms with Gasteiger partial charge in [-0.2, -0.15) is 0 Å². The average Bonchev–Trinajstić information content (AvgIpc) is 2.89. The number of esters is 2. The average molecular weight is 549 g/mol. The van der Waals surface area contributed by atoms with Crippen LogP contribution in [-0.4, -0.2) is 38.1 Å². The van der Waals surface area contributed by atoms with Gasteiger partial charge in [0.25, 0.3) is 0 Å². The zero-order valence-corrected chi connectivity index (χ0v) is 24.5. The van der Waals surface area contributed by atoms with Crippen molar-refractivity contribution in [2.24, 2.45) is 0 Å². The van der Waals surface area contributed by atoms with Gasteiger partial charge in [0.2, 0.25) is 5.76 Å². The maximum absolute atomic E-state index is 13.7. The Bertz CT molecular complexity index is 1280. The van der Waals surface area contributed by atoms with Crippen LogP contribution in [0.15, 0.2) is 90.9 Å². The lowest BCUT2D eigenvalue weighted by Gasteiger charge is -2.43. The molecule has 206 valence electrons. The van der Waals surface area contributed by atoms with E-state index in [1.54, 1.807) is 32.9 Å². The van der Waals surface area contributed by atoms with Crippen LogP contribution in [0.5, 0.6) is 11.5 Å². The standard InChI is InChI=1S/C31H36O7Si/c1-30(2,3)37-29(34)27-24(36-26(21-32)28(33)35-7)19-14-20-25(27)38-39(31(4,5)6,22-15-10-8-11-16-22)23-17-12-9-13-18-23/h8-21,32H,1-7H3. The molecule has 3 aromatic rings. The molecule has 0 unspecified atom stereocenters. The Hall–Kier alpha value is -4.04. The number of hydrogen-bond donors (Lipinski definition) is 1. The van der Waals surface area contributed by atoms with E-state index in [9.17, 15) is 14.7 Å². The normalized spacial score (nSPS) is 12.4. The smallest absolute Gasteiger partial charge is 0.377 e. The highest BCUT2D eigenvalue weighted by atomic mass is 28.4. The minimum absolute atomic E-state index is 0.0105. The van der Waals surface area contributed by atoms with Crippen molar-refractivity contribution in [2.75, 3.05) is 7.11 Å². The summed E-state index contributed by atoms with van der Waals surface area (Å²) in [5.74, 6) is -1.90. The third-order valence-electron chi connectivity index (χ3n) is 5.99. The molecule has 0 bridgehead atoms. The van der Waals surface area contributed by atoms with Gasteiger partial charge in [0, 0.05) is 0 Å². The van der Waals surface area contributed by atoms with Gasteiger partial charge in [0.15, 0.2) is 0 Å². The summed E-state index contributed by atoms with van der Waals surface area (Å²) in [6.45, 7) is 11.6. The van der Waals surface area contributed by atoms with Gasteiger partial charge in [-0.1, -0.05) is 87.5 Å².